The lowest BCUT2D eigenvalue weighted by atomic mass is 9.93. The summed E-state index contributed by atoms with van der Waals surface area (Å²) in [5, 5.41) is 11.7. The molecular formula is C21H13N3O2. The number of rotatable bonds is 3. The van der Waals surface area contributed by atoms with Gasteiger partial charge in [-0.3, -0.25) is 9.59 Å². The second kappa shape index (κ2) is 6.26. The van der Waals surface area contributed by atoms with Gasteiger partial charge in [-0.05, 0) is 22.9 Å². The Labute approximate surface area is 148 Å². The van der Waals surface area contributed by atoms with Gasteiger partial charge in [0.05, 0.1) is 17.0 Å². The van der Waals surface area contributed by atoms with Gasteiger partial charge in [0, 0.05) is 5.56 Å². The third-order valence-electron chi connectivity index (χ3n) is 4.35. The first-order valence-corrected chi connectivity index (χ1v) is 8.09. The van der Waals surface area contributed by atoms with Crippen LogP contribution in [0.25, 0.3) is 21.7 Å². The summed E-state index contributed by atoms with van der Waals surface area (Å²) < 4.78 is 0. The predicted molar refractivity (Wildman–Crippen MR) is 99.0 cm³/mol. The molecule has 0 amide bonds. The lowest BCUT2D eigenvalue weighted by Gasteiger charge is -2.11. The second-order valence-corrected chi connectivity index (χ2v) is 5.92. The van der Waals surface area contributed by atoms with Gasteiger partial charge in [-0.15, -0.1) is 0 Å². The summed E-state index contributed by atoms with van der Waals surface area (Å²) in [4.78, 5) is 32.3. The summed E-state index contributed by atoms with van der Waals surface area (Å²) in [5.74, 6) is -1.50. The molecule has 1 unspecified atom stereocenters. The number of nitrogens with zero attached hydrogens (tertiary/aromatic N) is 2. The van der Waals surface area contributed by atoms with Gasteiger partial charge < -0.3 is 4.98 Å². The van der Waals surface area contributed by atoms with Gasteiger partial charge in [-0.2, -0.15) is 5.26 Å². The minimum atomic E-state index is -1.18. The van der Waals surface area contributed by atoms with E-state index in [1.165, 1.54) is 0 Å². The maximum atomic E-state index is 13.1. The number of nitriles is 1. The van der Waals surface area contributed by atoms with E-state index in [9.17, 15) is 14.9 Å². The van der Waals surface area contributed by atoms with E-state index in [0.717, 1.165) is 10.8 Å². The minimum absolute atomic E-state index is 0.0640. The SMILES string of the molecule is N#CC(C(=O)c1cccc2ccccc12)c1nc2ccccc2c(=O)[nH]1. The van der Waals surface area contributed by atoms with Crippen molar-refractivity contribution in [1.29, 1.82) is 5.26 Å². The molecule has 0 saturated carbocycles. The van der Waals surface area contributed by atoms with E-state index in [0.29, 0.717) is 16.5 Å². The zero-order valence-corrected chi connectivity index (χ0v) is 13.6. The first kappa shape index (κ1) is 15.7. The quantitative estimate of drug-likeness (QED) is 0.578. The van der Waals surface area contributed by atoms with Crippen LogP contribution < -0.4 is 5.56 Å². The Kier molecular flexibility index (Phi) is 3.79. The zero-order valence-electron chi connectivity index (χ0n) is 13.6. The van der Waals surface area contributed by atoms with Gasteiger partial charge >= 0.3 is 0 Å². The summed E-state index contributed by atoms with van der Waals surface area (Å²) in [5.41, 5.74) is 0.527. The Balaban J connectivity index is 1.86. The fourth-order valence-electron chi connectivity index (χ4n) is 3.08. The number of aromatic nitrogens is 2. The van der Waals surface area contributed by atoms with Crippen LogP contribution in [0.3, 0.4) is 0 Å². The summed E-state index contributed by atoms with van der Waals surface area (Å²) in [6.45, 7) is 0. The number of benzene rings is 3. The van der Waals surface area contributed by atoms with E-state index in [-0.39, 0.29) is 17.2 Å². The number of H-pyrrole nitrogens is 1. The van der Waals surface area contributed by atoms with Crippen LogP contribution in [-0.4, -0.2) is 15.8 Å². The van der Waals surface area contributed by atoms with Crippen molar-refractivity contribution in [3.05, 3.63) is 88.5 Å². The molecular weight excluding hydrogens is 326 g/mol. The van der Waals surface area contributed by atoms with Crippen LogP contribution in [0.5, 0.6) is 0 Å². The van der Waals surface area contributed by atoms with Gasteiger partial charge in [0.2, 0.25) is 0 Å². The molecule has 0 aliphatic rings. The third-order valence-corrected chi connectivity index (χ3v) is 4.35. The Morgan fingerprint density at radius 1 is 0.962 bits per heavy atom. The van der Waals surface area contributed by atoms with E-state index in [4.69, 9.17) is 0 Å². The predicted octanol–water partition coefficient (Wildman–Crippen LogP) is 3.57. The molecule has 1 aromatic heterocycles. The number of para-hydroxylation sites is 1. The van der Waals surface area contributed by atoms with Crippen molar-refractivity contribution in [3.63, 3.8) is 0 Å². The largest absolute Gasteiger partial charge is 0.308 e. The highest BCUT2D eigenvalue weighted by Gasteiger charge is 2.26. The van der Waals surface area contributed by atoms with Crippen LogP contribution in [0.2, 0.25) is 0 Å². The van der Waals surface area contributed by atoms with Crippen LogP contribution >= 0.6 is 0 Å². The van der Waals surface area contributed by atoms with E-state index >= 15 is 0 Å². The number of aromatic amines is 1. The van der Waals surface area contributed by atoms with Crippen LogP contribution in [0.1, 0.15) is 22.1 Å². The van der Waals surface area contributed by atoms with E-state index < -0.39 is 5.92 Å². The fraction of sp³-hybridized carbons (Fsp3) is 0.0476. The van der Waals surface area contributed by atoms with Crippen LogP contribution in [0.4, 0.5) is 0 Å². The van der Waals surface area contributed by atoms with E-state index in [1.54, 1.807) is 36.4 Å². The summed E-state index contributed by atoms with van der Waals surface area (Å²) in [6, 6.07) is 21.7. The Bertz CT molecular complexity index is 1250. The van der Waals surface area contributed by atoms with Crippen LogP contribution in [0.15, 0.2) is 71.5 Å². The molecule has 0 aliphatic heterocycles. The molecule has 0 spiro atoms. The van der Waals surface area contributed by atoms with Crippen molar-refractivity contribution >= 4 is 27.5 Å². The zero-order chi connectivity index (χ0) is 18.1. The maximum absolute atomic E-state index is 13.1. The van der Waals surface area contributed by atoms with Crippen molar-refractivity contribution in [3.8, 4) is 6.07 Å². The van der Waals surface area contributed by atoms with Crippen molar-refractivity contribution in [1.82, 2.24) is 9.97 Å². The molecule has 124 valence electrons. The molecule has 0 radical (unpaired) electrons. The molecule has 4 aromatic rings. The first-order valence-electron chi connectivity index (χ1n) is 8.09. The third kappa shape index (κ3) is 2.54. The molecule has 1 atom stereocenters. The van der Waals surface area contributed by atoms with Gasteiger partial charge in [-0.1, -0.05) is 54.6 Å². The van der Waals surface area contributed by atoms with E-state index in [1.807, 2.05) is 36.4 Å². The topological polar surface area (TPSA) is 86.6 Å². The average molecular weight is 339 g/mol. The number of Topliss-reactive ketones (excluding diaryl/α,β-unsaturated/α-hetero) is 1. The van der Waals surface area contributed by atoms with Crippen molar-refractivity contribution in [2.45, 2.75) is 5.92 Å². The van der Waals surface area contributed by atoms with Crippen LogP contribution in [0, 0.1) is 11.3 Å². The summed E-state index contributed by atoms with van der Waals surface area (Å²) in [6.07, 6.45) is 0. The molecule has 0 saturated heterocycles. The number of hydrogen-bond donors (Lipinski definition) is 1. The second-order valence-electron chi connectivity index (χ2n) is 5.92. The van der Waals surface area contributed by atoms with Crippen molar-refractivity contribution < 1.29 is 4.79 Å². The molecule has 5 nitrogen and oxygen atoms in total. The molecule has 26 heavy (non-hydrogen) atoms. The molecule has 3 aromatic carbocycles. The standard InChI is InChI=1S/C21H13N3O2/c22-12-17(20-23-18-11-4-3-9-16(18)21(26)24-20)19(25)15-10-5-7-13-6-1-2-8-14(13)15/h1-11,17H,(H,23,24,26). The summed E-state index contributed by atoms with van der Waals surface area (Å²) >= 11 is 0. The van der Waals surface area contributed by atoms with Crippen molar-refractivity contribution in [2.75, 3.05) is 0 Å². The number of hydrogen-bond acceptors (Lipinski definition) is 4. The lowest BCUT2D eigenvalue weighted by molar-refractivity contribution is 0.0978. The van der Waals surface area contributed by atoms with Gasteiger partial charge in [0.15, 0.2) is 11.7 Å². The summed E-state index contributed by atoms with van der Waals surface area (Å²) in [7, 11) is 0. The number of fused-ring (bicyclic) bond motifs is 2. The fourth-order valence-corrected chi connectivity index (χ4v) is 3.08. The average Bonchev–Trinajstić information content (AvgIpc) is 2.68. The smallest absolute Gasteiger partial charge is 0.258 e. The highest BCUT2D eigenvalue weighted by Crippen LogP contribution is 2.24. The van der Waals surface area contributed by atoms with Gasteiger partial charge in [0.1, 0.15) is 5.82 Å². The maximum Gasteiger partial charge on any atom is 0.258 e. The number of ketones is 1. The highest BCUT2D eigenvalue weighted by atomic mass is 16.1. The highest BCUT2D eigenvalue weighted by molar-refractivity contribution is 6.11. The Morgan fingerprint density at radius 3 is 2.46 bits per heavy atom. The Morgan fingerprint density at radius 2 is 1.65 bits per heavy atom. The Hall–Kier alpha value is -3.78. The van der Waals surface area contributed by atoms with Gasteiger partial charge in [-0.25, -0.2) is 4.98 Å². The monoisotopic (exact) mass is 339 g/mol. The molecule has 1 heterocycles. The van der Waals surface area contributed by atoms with Crippen molar-refractivity contribution in [2.24, 2.45) is 0 Å². The van der Waals surface area contributed by atoms with Gasteiger partial charge in [0.25, 0.3) is 5.56 Å². The molecule has 4 rings (SSSR count). The normalized spacial score (nSPS) is 12.0. The lowest BCUT2D eigenvalue weighted by Crippen LogP contribution is -2.20. The minimum Gasteiger partial charge on any atom is -0.308 e. The number of nitrogens with one attached hydrogen (secondary N) is 1. The number of carbonyl (C=O) groups excluding carboxylic acids is 1. The molecule has 0 aliphatic carbocycles. The molecule has 5 heteroatoms. The number of carbonyl (C=O) groups is 1. The first-order chi connectivity index (χ1) is 12.7. The molecule has 0 bridgehead atoms. The van der Waals surface area contributed by atoms with E-state index in [2.05, 4.69) is 9.97 Å². The molecule has 0 fully saturated rings. The molecule has 1 N–H and O–H groups in total. The van der Waals surface area contributed by atoms with Crippen LogP contribution in [-0.2, 0) is 0 Å².